The minimum absolute atomic E-state index is 0.184. The molecule has 0 amide bonds. The summed E-state index contributed by atoms with van der Waals surface area (Å²) in [5, 5.41) is 0. The molecule has 3 rings (SSSR count). The van der Waals surface area contributed by atoms with Gasteiger partial charge in [0.15, 0.2) is 11.5 Å². The Balaban J connectivity index is 1.95. The second-order valence-electron chi connectivity index (χ2n) is 6.03. The molecule has 1 aromatic heterocycles. The quantitative estimate of drug-likeness (QED) is 0.741. The minimum atomic E-state index is -3.64. The third-order valence-corrected chi connectivity index (χ3v) is 6.30. The molecule has 26 heavy (non-hydrogen) atoms. The van der Waals surface area contributed by atoms with E-state index in [1.807, 2.05) is 26.0 Å². The summed E-state index contributed by atoms with van der Waals surface area (Å²) in [6.45, 7) is 5.16. The summed E-state index contributed by atoms with van der Waals surface area (Å²) in [5.41, 5.74) is 0.921. The maximum absolute atomic E-state index is 13.3. The van der Waals surface area contributed by atoms with Crippen LogP contribution in [0.5, 0.6) is 11.5 Å². The van der Waals surface area contributed by atoms with Crippen molar-refractivity contribution in [2.45, 2.75) is 37.6 Å². The number of hydrogen-bond acceptors (Lipinski definition) is 5. The number of nitrogens with zero attached hydrogens (tertiary/aromatic N) is 2. The van der Waals surface area contributed by atoms with Crippen molar-refractivity contribution in [3.8, 4) is 11.5 Å². The van der Waals surface area contributed by atoms with Gasteiger partial charge in [0.1, 0.15) is 0 Å². The molecular formula is C19H24N2O4S. The number of sulfonamides is 1. The van der Waals surface area contributed by atoms with Crippen LogP contribution in [0.4, 0.5) is 0 Å². The summed E-state index contributed by atoms with van der Waals surface area (Å²) in [6.07, 6.45) is 5.05. The maximum atomic E-state index is 13.3. The molecule has 0 N–H and O–H groups in total. The molecule has 0 radical (unpaired) electrons. The predicted octanol–water partition coefficient (Wildman–Crippen LogP) is 3.40. The summed E-state index contributed by atoms with van der Waals surface area (Å²) < 4.78 is 39.2. The zero-order valence-corrected chi connectivity index (χ0v) is 15.9. The van der Waals surface area contributed by atoms with Crippen molar-refractivity contribution < 1.29 is 17.9 Å². The molecule has 2 aromatic rings. The van der Waals surface area contributed by atoms with E-state index in [1.54, 1.807) is 34.9 Å². The molecule has 6 nitrogen and oxygen atoms in total. The molecule has 7 heteroatoms. The van der Waals surface area contributed by atoms with Crippen molar-refractivity contribution in [1.29, 1.82) is 0 Å². The van der Waals surface area contributed by atoms with Gasteiger partial charge in [0.05, 0.1) is 24.2 Å². The van der Waals surface area contributed by atoms with E-state index in [0.29, 0.717) is 31.3 Å². The van der Waals surface area contributed by atoms with Crippen LogP contribution < -0.4 is 9.47 Å². The summed E-state index contributed by atoms with van der Waals surface area (Å²) >= 11 is 0. The van der Waals surface area contributed by atoms with Crippen LogP contribution in [-0.2, 0) is 10.0 Å². The van der Waals surface area contributed by atoms with Crippen molar-refractivity contribution in [2.75, 3.05) is 19.8 Å². The molecule has 2 heterocycles. The zero-order chi connectivity index (χ0) is 18.6. The van der Waals surface area contributed by atoms with E-state index >= 15 is 0 Å². The first-order valence-electron chi connectivity index (χ1n) is 8.89. The third-order valence-electron chi connectivity index (χ3n) is 4.39. The Hall–Kier alpha value is -2.12. The summed E-state index contributed by atoms with van der Waals surface area (Å²) in [5.74, 6) is 1.01. The van der Waals surface area contributed by atoms with Gasteiger partial charge in [-0.15, -0.1) is 0 Å². The molecule has 1 aliphatic heterocycles. The predicted molar refractivity (Wildman–Crippen MR) is 98.9 cm³/mol. The third kappa shape index (κ3) is 3.68. The Morgan fingerprint density at radius 3 is 2.62 bits per heavy atom. The van der Waals surface area contributed by atoms with Gasteiger partial charge in [-0.1, -0.05) is 6.07 Å². The van der Waals surface area contributed by atoms with Crippen LogP contribution in [0.1, 0.15) is 38.3 Å². The molecule has 0 aliphatic carbocycles. The maximum Gasteiger partial charge on any atom is 0.243 e. The molecule has 1 aliphatic rings. The number of aromatic nitrogens is 1. The Labute approximate surface area is 154 Å². The molecular weight excluding hydrogens is 352 g/mol. The summed E-state index contributed by atoms with van der Waals surface area (Å²) in [7, 11) is -3.64. The molecule has 0 bridgehead atoms. The number of benzene rings is 1. The SMILES string of the molecule is CCOc1ccc(S(=O)(=O)N2CCC[C@H]2c2cccnc2)cc1OCC. The lowest BCUT2D eigenvalue weighted by atomic mass is 10.1. The van der Waals surface area contributed by atoms with Crippen LogP contribution >= 0.6 is 0 Å². The largest absolute Gasteiger partial charge is 0.490 e. The van der Waals surface area contributed by atoms with Crippen molar-refractivity contribution in [3.63, 3.8) is 0 Å². The van der Waals surface area contributed by atoms with Crippen LogP contribution in [0, 0.1) is 0 Å². The lowest BCUT2D eigenvalue weighted by Gasteiger charge is -2.24. The second-order valence-corrected chi connectivity index (χ2v) is 7.93. The van der Waals surface area contributed by atoms with E-state index < -0.39 is 10.0 Å². The second kappa shape index (κ2) is 8.05. The van der Waals surface area contributed by atoms with Gasteiger partial charge in [0.25, 0.3) is 0 Å². The van der Waals surface area contributed by atoms with Gasteiger partial charge >= 0.3 is 0 Å². The molecule has 0 spiro atoms. The molecule has 1 saturated heterocycles. The van der Waals surface area contributed by atoms with E-state index in [4.69, 9.17) is 9.47 Å². The first kappa shape index (κ1) is 18.7. The van der Waals surface area contributed by atoms with Gasteiger partial charge in [-0.2, -0.15) is 4.31 Å². The van der Waals surface area contributed by atoms with Crippen LogP contribution in [0.3, 0.4) is 0 Å². The normalized spacial score (nSPS) is 18.0. The van der Waals surface area contributed by atoms with Crippen molar-refractivity contribution >= 4 is 10.0 Å². The highest BCUT2D eigenvalue weighted by atomic mass is 32.2. The lowest BCUT2D eigenvalue weighted by molar-refractivity contribution is 0.287. The zero-order valence-electron chi connectivity index (χ0n) is 15.1. The van der Waals surface area contributed by atoms with Gasteiger partial charge in [-0.3, -0.25) is 4.98 Å². The highest BCUT2D eigenvalue weighted by molar-refractivity contribution is 7.89. The van der Waals surface area contributed by atoms with Gasteiger partial charge in [0.2, 0.25) is 10.0 Å². The summed E-state index contributed by atoms with van der Waals surface area (Å²) in [4.78, 5) is 4.35. The van der Waals surface area contributed by atoms with Crippen molar-refractivity contribution in [1.82, 2.24) is 9.29 Å². The molecule has 1 fully saturated rings. The lowest BCUT2D eigenvalue weighted by Crippen LogP contribution is -2.30. The highest BCUT2D eigenvalue weighted by Crippen LogP contribution is 2.38. The van der Waals surface area contributed by atoms with Crippen LogP contribution in [0.15, 0.2) is 47.6 Å². The molecule has 1 aromatic carbocycles. The van der Waals surface area contributed by atoms with Gasteiger partial charge in [-0.25, -0.2) is 8.42 Å². The Kier molecular flexibility index (Phi) is 5.78. The number of hydrogen-bond donors (Lipinski definition) is 0. The molecule has 1 atom stereocenters. The van der Waals surface area contributed by atoms with E-state index in [2.05, 4.69) is 4.98 Å². The van der Waals surface area contributed by atoms with E-state index in [1.165, 1.54) is 0 Å². The topological polar surface area (TPSA) is 68.7 Å². The van der Waals surface area contributed by atoms with Crippen LogP contribution in [0.25, 0.3) is 0 Å². The van der Waals surface area contributed by atoms with E-state index in [0.717, 1.165) is 18.4 Å². The average Bonchev–Trinajstić information content (AvgIpc) is 3.15. The minimum Gasteiger partial charge on any atom is -0.490 e. The average molecular weight is 376 g/mol. The fourth-order valence-corrected chi connectivity index (χ4v) is 4.96. The van der Waals surface area contributed by atoms with Crippen molar-refractivity contribution in [2.24, 2.45) is 0 Å². The Morgan fingerprint density at radius 2 is 1.92 bits per heavy atom. The van der Waals surface area contributed by atoms with Crippen LogP contribution in [0.2, 0.25) is 0 Å². The van der Waals surface area contributed by atoms with E-state index in [-0.39, 0.29) is 10.9 Å². The molecule has 0 unspecified atom stereocenters. The molecule has 140 valence electrons. The summed E-state index contributed by atoms with van der Waals surface area (Å²) in [6, 6.07) is 8.38. The van der Waals surface area contributed by atoms with Gasteiger partial charge in [-0.05, 0) is 50.5 Å². The monoisotopic (exact) mass is 376 g/mol. The molecule has 0 saturated carbocycles. The van der Waals surface area contributed by atoms with Crippen LogP contribution in [-0.4, -0.2) is 37.5 Å². The van der Waals surface area contributed by atoms with Gasteiger partial charge in [0, 0.05) is 25.0 Å². The van der Waals surface area contributed by atoms with E-state index in [9.17, 15) is 8.42 Å². The standard InChI is InChI=1S/C19H24N2O4S/c1-3-24-18-10-9-16(13-19(18)25-4-2)26(22,23)21-12-6-8-17(21)15-7-5-11-20-14-15/h5,7,9-11,13-14,17H,3-4,6,8,12H2,1-2H3/t17-/m0/s1. The Morgan fingerprint density at radius 1 is 1.15 bits per heavy atom. The van der Waals surface area contributed by atoms with Crippen molar-refractivity contribution in [3.05, 3.63) is 48.3 Å². The first-order chi connectivity index (χ1) is 12.6. The smallest absolute Gasteiger partial charge is 0.243 e. The Bertz CT molecular complexity index is 840. The highest BCUT2D eigenvalue weighted by Gasteiger charge is 2.36. The number of pyridine rings is 1. The number of rotatable bonds is 7. The van der Waals surface area contributed by atoms with Gasteiger partial charge < -0.3 is 9.47 Å². The number of ether oxygens (including phenoxy) is 2. The fraction of sp³-hybridized carbons (Fsp3) is 0.421. The fourth-order valence-electron chi connectivity index (χ4n) is 3.26. The first-order valence-corrected chi connectivity index (χ1v) is 10.3.